The lowest BCUT2D eigenvalue weighted by molar-refractivity contribution is 0.400. The molecule has 0 aliphatic heterocycles. The van der Waals surface area contributed by atoms with E-state index in [9.17, 15) is 0 Å². The summed E-state index contributed by atoms with van der Waals surface area (Å²) in [5.41, 5.74) is 0. The number of methoxy groups -OCH3 is 1. The van der Waals surface area contributed by atoms with Crippen LogP contribution in [0.4, 0.5) is 5.13 Å². The summed E-state index contributed by atoms with van der Waals surface area (Å²) in [6, 6.07) is 0. The highest BCUT2D eigenvalue weighted by Crippen LogP contribution is 2.14. The molecule has 0 aliphatic rings. The fourth-order valence-electron chi connectivity index (χ4n) is 0.451. The highest BCUT2D eigenvalue weighted by atomic mass is 32.1. The van der Waals surface area contributed by atoms with Crippen LogP contribution in [-0.2, 0) is 4.74 Å². The number of ether oxygens (including phenoxy) is 1. The zero-order chi connectivity index (χ0) is 7.40. The zero-order valence-corrected chi connectivity index (χ0v) is 6.68. The third kappa shape index (κ3) is 1.80. The smallest absolute Gasteiger partial charge is 0.212 e. The molecule has 0 atom stereocenters. The van der Waals surface area contributed by atoms with Gasteiger partial charge in [-0.2, -0.15) is 4.99 Å². The first-order chi connectivity index (χ1) is 4.83. The number of thiazole rings is 1. The Balaban J connectivity index is 2.71. The van der Waals surface area contributed by atoms with E-state index in [4.69, 9.17) is 4.74 Å². The van der Waals surface area contributed by atoms with Crippen molar-refractivity contribution >= 4 is 22.4 Å². The van der Waals surface area contributed by atoms with Gasteiger partial charge in [0.1, 0.15) is 0 Å². The standard InChI is InChI=1S/C6H8N2OS/c1-5(9-2)8-6-7-3-4-10-6/h3-4H,1-2H3/b8-5-. The first-order valence-corrected chi connectivity index (χ1v) is 3.69. The molecule has 54 valence electrons. The molecule has 0 N–H and O–H groups in total. The second-order valence-electron chi connectivity index (χ2n) is 1.65. The number of nitrogens with zero attached hydrogens (tertiary/aromatic N) is 2. The topological polar surface area (TPSA) is 34.5 Å². The Hall–Kier alpha value is -0.900. The molecule has 0 spiro atoms. The molecular formula is C6H8N2OS. The third-order valence-electron chi connectivity index (χ3n) is 0.968. The maximum atomic E-state index is 4.84. The summed E-state index contributed by atoms with van der Waals surface area (Å²) in [6.45, 7) is 1.79. The average Bonchev–Trinajstić information content (AvgIpc) is 2.40. The fourth-order valence-corrected chi connectivity index (χ4v) is 0.998. The Morgan fingerprint density at radius 3 is 3.10 bits per heavy atom. The van der Waals surface area contributed by atoms with Gasteiger partial charge in [0.2, 0.25) is 5.13 Å². The van der Waals surface area contributed by atoms with Gasteiger partial charge in [0.05, 0.1) is 7.11 Å². The highest BCUT2D eigenvalue weighted by molar-refractivity contribution is 7.13. The van der Waals surface area contributed by atoms with Crippen LogP contribution in [0.15, 0.2) is 16.6 Å². The molecule has 1 heterocycles. The lowest BCUT2D eigenvalue weighted by atomic mass is 10.8. The van der Waals surface area contributed by atoms with Crippen molar-refractivity contribution in [2.75, 3.05) is 7.11 Å². The summed E-state index contributed by atoms with van der Waals surface area (Å²) in [5.74, 6) is 0.634. The van der Waals surface area contributed by atoms with Crippen molar-refractivity contribution in [1.29, 1.82) is 0 Å². The van der Waals surface area contributed by atoms with Gasteiger partial charge in [-0.15, -0.1) is 11.3 Å². The van der Waals surface area contributed by atoms with Crippen LogP contribution in [0.2, 0.25) is 0 Å². The maximum Gasteiger partial charge on any atom is 0.212 e. The van der Waals surface area contributed by atoms with E-state index in [1.54, 1.807) is 20.2 Å². The molecule has 0 aliphatic carbocycles. The molecule has 10 heavy (non-hydrogen) atoms. The first-order valence-electron chi connectivity index (χ1n) is 2.81. The molecule has 1 aromatic rings. The van der Waals surface area contributed by atoms with Crippen molar-refractivity contribution in [3.05, 3.63) is 11.6 Å². The normalized spacial score (nSPS) is 11.6. The number of aromatic nitrogens is 1. The SMILES string of the molecule is CO/C(C)=N\c1nccs1. The van der Waals surface area contributed by atoms with E-state index >= 15 is 0 Å². The molecular weight excluding hydrogens is 148 g/mol. The minimum absolute atomic E-state index is 0.634. The number of rotatable bonds is 1. The van der Waals surface area contributed by atoms with E-state index in [2.05, 4.69) is 9.98 Å². The molecule has 0 aromatic carbocycles. The Labute approximate surface area is 63.4 Å². The fraction of sp³-hybridized carbons (Fsp3) is 0.333. The number of hydrogen-bond acceptors (Lipinski definition) is 4. The van der Waals surface area contributed by atoms with E-state index < -0.39 is 0 Å². The first kappa shape index (κ1) is 7.21. The van der Waals surface area contributed by atoms with Gasteiger partial charge in [-0.05, 0) is 0 Å². The second kappa shape index (κ2) is 3.31. The summed E-state index contributed by atoms with van der Waals surface area (Å²) in [6.07, 6.45) is 1.71. The monoisotopic (exact) mass is 156 g/mol. The van der Waals surface area contributed by atoms with Crippen molar-refractivity contribution in [2.45, 2.75) is 6.92 Å². The lowest BCUT2D eigenvalue weighted by Gasteiger charge is -1.92. The van der Waals surface area contributed by atoms with Gasteiger partial charge in [0, 0.05) is 18.5 Å². The van der Waals surface area contributed by atoms with Crippen molar-refractivity contribution in [3.8, 4) is 0 Å². The Morgan fingerprint density at radius 2 is 2.60 bits per heavy atom. The molecule has 1 aromatic heterocycles. The predicted octanol–water partition coefficient (Wildman–Crippen LogP) is 1.84. The summed E-state index contributed by atoms with van der Waals surface area (Å²) in [5, 5.41) is 2.61. The van der Waals surface area contributed by atoms with Crippen LogP contribution in [0.3, 0.4) is 0 Å². The van der Waals surface area contributed by atoms with Crippen LogP contribution < -0.4 is 0 Å². The van der Waals surface area contributed by atoms with Crippen molar-refractivity contribution in [2.24, 2.45) is 4.99 Å². The van der Waals surface area contributed by atoms with Gasteiger partial charge < -0.3 is 4.74 Å². The summed E-state index contributed by atoms with van der Waals surface area (Å²) in [4.78, 5) is 7.99. The minimum Gasteiger partial charge on any atom is -0.484 e. The highest BCUT2D eigenvalue weighted by Gasteiger charge is 1.91. The average molecular weight is 156 g/mol. The van der Waals surface area contributed by atoms with Crippen LogP contribution in [-0.4, -0.2) is 18.0 Å². The largest absolute Gasteiger partial charge is 0.484 e. The Morgan fingerprint density at radius 1 is 1.80 bits per heavy atom. The maximum absolute atomic E-state index is 4.84. The van der Waals surface area contributed by atoms with Crippen molar-refractivity contribution in [1.82, 2.24) is 4.98 Å². The van der Waals surface area contributed by atoms with Crippen LogP contribution in [0, 0.1) is 0 Å². The van der Waals surface area contributed by atoms with Gasteiger partial charge >= 0.3 is 0 Å². The van der Waals surface area contributed by atoms with Crippen LogP contribution >= 0.6 is 11.3 Å². The summed E-state index contributed by atoms with van der Waals surface area (Å²) >= 11 is 1.49. The molecule has 0 amide bonds. The van der Waals surface area contributed by atoms with Crippen molar-refractivity contribution < 1.29 is 4.74 Å². The van der Waals surface area contributed by atoms with Crippen LogP contribution in [0.5, 0.6) is 0 Å². The molecule has 0 bridgehead atoms. The van der Waals surface area contributed by atoms with Gasteiger partial charge in [-0.3, -0.25) is 0 Å². The third-order valence-corrected chi connectivity index (χ3v) is 1.63. The molecule has 3 nitrogen and oxygen atoms in total. The predicted molar refractivity (Wildman–Crippen MR) is 41.9 cm³/mol. The molecule has 0 fully saturated rings. The van der Waals surface area contributed by atoms with E-state index in [1.807, 2.05) is 5.38 Å². The molecule has 4 heteroatoms. The second-order valence-corrected chi connectivity index (χ2v) is 2.52. The summed E-state index contributed by atoms with van der Waals surface area (Å²) < 4.78 is 4.84. The summed E-state index contributed by atoms with van der Waals surface area (Å²) in [7, 11) is 1.59. The Kier molecular flexibility index (Phi) is 2.39. The lowest BCUT2D eigenvalue weighted by Crippen LogP contribution is -1.91. The Bertz CT molecular complexity index is 218. The molecule has 0 saturated carbocycles. The van der Waals surface area contributed by atoms with Gasteiger partial charge in [-0.25, -0.2) is 4.98 Å². The number of hydrogen-bond donors (Lipinski definition) is 0. The quantitative estimate of drug-likeness (QED) is 0.459. The van der Waals surface area contributed by atoms with Crippen molar-refractivity contribution in [3.63, 3.8) is 0 Å². The van der Waals surface area contributed by atoms with Crippen LogP contribution in [0.1, 0.15) is 6.92 Å². The minimum atomic E-state index is 0.634. The molecule has 0 saturated heterocycles. The van der Waals surface area contributed by atoms with E-state index in [1.165, 1.54) is 11.3 Å². The molecule has 1 rings (SSSR count). The van der Waals surface area contributed by atoms with Gasteiger partial charge in [-0.1, -0.05) is 0 Å². The number of aliphatic imine (C=N–C) groups is 1. The molecule has 0 radical (unpaired) electrons. The van der Waals surface area contributed by atoms with E-state index in [0.717, 1.165) is 5.13 Å². The van der Waals surface area contributed by atoms with E-state index in [0.29, 0.717) is 5.90 Å². The zero-order valence-electron chi connectivity index (χ0n) is 5.87. The van der Waals surface area contributed by atoms with Crippen LogP contribution in [0.25, 0.3) is 0 Å². The van der Waals surface area contributed by atoms with Gasteiger partial charge in [0.15, 0.2) is 5.90 Å². The van der Waals surface area contributed by atoms with E-state index in [-0.39, 0.29) is 0 Å². The van der Waals surface area contributed by atoms with Gasteiger partial charge in [0.25, 0.3) is 0 Å². The molecule has 0 unspecified atom stereocenters.